The summed E-state index contributed by atoms with van der Waals surface area (Å²) >= 11 is 1.39. The third-order valence-corrected chi connectivity index (χ3v) is 2.99. The number of ether oxygens (including phenoxy) is 1. The fourth-order valence-corrected chi connectivity index (χ4v) is 2.00. The number of nitrogens with one attached hydrogen (secondary N) is 1. The maximum atomic E-state index is 11.3. The van der Waals surface area contributed by atoms with Gasteiger partial charge in [0.15, 0.2) is 5.17 Å². The Morgan fingerprint density at radius 1 is 1.65 bits per heavy atom. The zero-order chi connectivity index (χ0) is 12.7. The fourth-order valence-electron chi connectivity index (χ4n) is 1.33. The van der Waals surface area contributed by atoms with E-state index in [-0.39, 0.29) is 12.1 Å². The van der Waals surface area contributed by atoms with E-state index < -0.39 is 0 Å². The summed E-state index contributed by atoms with van der Waals surface area (Å²) in [5.74, 6) is 0.118. The Bertz CT molecular complexity index is 282. The molecule has 1 rings (SSSR count). The second-order valence-electron chi connectivity index (χ2n) is 4.16. The third kappa shape index (κ3) is 5.93. The van der Waals surface area contributed by atoms with Gasteiger partial charge in [-0.2, -0.15) is 0 Å². The van der Waals surface area contributed by atoms with E-state index in [4.69, 9.17) is 4.74 Å². The number of aliphatic imine (C=N–C) groups is 1. The van der Waals surface area contributed by atoms with Gasteiger partial charge in [0.05, 0.1) is 11.9 Å². The van der Waals surface area contributed by atoms with Gasteiger partial charge < -0.3 is 4.74 Å². The van der Waals surface area contributed by atoms with E-state index in [0.717, 1.165) is 18.1 Å². The van der Waals surface area contributed by atoms with Crippen LogP contribution in [-0.2, 0) is 9.53 Å². The van der Waals surface area contributed by atoms with Crippen molar-refractivity contribution in [3.05, 3.63) is 0 Å². The van der Waals surface area contributed by atoms with Crippen molar-refractivity contribution in [1.82, 2.24) is 10.4 Å². The Morgan fingerprint density at radius 3 is 3.06 bits per heavy atom. The summed E-state index contributed by atoms with van der Waals surface area (Å²) < 4.78 is 5.05. The Morgan fingerprint density at radius 2 is 2.41 bits per heavy atom. The number of unbranched alkanes of at least 4 members (excludes halogenated alkanes) is 1. The van der Waals surface area contributed by atoms with Gasteiger partial charge in [-0.15, -0.1) is 0 Å². The summed E-state index contributed by atoms with van der Waals surface area (Å²) in [6.45, 7) is 7.51. The Kier molecular flexibility index (Phi) is 6.36. The quantitative estimate of drug-likeness (QED) is 0.734. The lowest BCUT2D eigenvalue weighted by atomic mass is 10.3. The summed E-state index contributed by atoms with van der Waals surface area (Å²) in [6, 6.07) is 0. The van der Waals surface area contributed by atoms with E-state index >= 15 is 0 Å². The van der Waals surface area contributed by atoms with Crippen LogP contribution in [0.5, 0.6) is 0 Å². The number of nitrogens with zero attached hydrogens (tertiary/aromatic N) is 2. The van der Waals surface area contributed by atoms with Crippen LogP contribution in [0.2, 0.25) is 0 Å². The minimum Gasteiger partial charge on any atom is -0.462 e. The molecule has 0 fully saturated rings. The van der Waals surface area contributed by atoms with Gasteiger partial charge in [0, 0.05) is 6.54 Å². The van der Waals surface area contributed by atoms with Crippen LogP contribution in [0.25, 0.3) is 0 Å². The van der Waals surface area contributed by atoms with Crippen molar-refractivity contribution in [3.63, 3.8) is 0 Å². The Labute approximate surface area is 107 Å². The molecule has 0 bridgehead atoms. The fraction of sp³-hybridized carbons (Fsp3) is 0.818. The Hall–Kier alpha value is -0.750. The number of carbonyl (C=O) groups is 1. The number of thioether (sulfide) groups is 1. The van der Waals surface area contributed by atoms with E-state index in [1.54, 1.807) is 0 Å². The molecule has 0 aromatic rings. The molecule has 1 aliphatic rings. The first-order chi connectivity index (χ1) is 8.11. The minimum absolute atomic E-state index is 0.0531. The van der Waals surface area contributed by atoms with Gasteiger partial charge in [-0.25, -0.2) is 10.0 Å². The van der Waals surface area contributed by atoms with Crippen molar-refractivity contribution in [1.29, 1.82) is 0 Å². The SMILES string of the molecule is CCCCN1CN=C(SCC(=O)OC(C)C)N1. The molecule has 0 radical (unpaired) electrons. The summed E-state index contributed by atoms with van der Waals surface area (Å²) in [6.07, 6.45) is 2.26. The first-order valence-corrected chi connectivity index (χ1v) is 6.98. The highest BCUT2D eigenvalue weighted by molar-refractivity contribution is 8.14. The van der Waals surface area contributed by atoms with Gasteiger partial charge in [-0.3, -0.25) is 10.2 Å². The van der Waals surface area contributed by atoms with Gasteiger partial charge in [0.2, 0.25) is 0 Å². The molecular weight excluding hydrogens is 238 g/mol. The molecule has 0 saturated carbocycles. The van der Waals surface area contributed by atoms with E-state index in [0.29, 0.717) is 12.4 Å². The van der Waals surface area contributed by atoms with Crippen LogP contribution >= 0.6 is 11.8 Å². The lowest BCUT2D eigenvalue weighted by Gasteiger charge is -2.14. The van der Waals surface area contributed by atoms with E-state index in [9.17, 15) is 4.79 Å². The molecule has 1 aliphatic heterocycles. The molecule has 0 saturated heterocycles. The van der Waals surface area contributed by atoms with Gasteiger partial charge in [0.1, 0.15) is 6.67 Å². The molecule has 5 nitrogen and oxygen atoms in total. The molecule has 1 heterocycles. The minimum atomic E-state index is -0.193. The number of hydrazine groups is 1. The van der Waals surface area contributed by atoms with E-state index in [1.165, 1.54) is 18.2 Å². The predicted octanol–water partition coefficient (Wildman–Crippen LogP) is 1.60. The maximum absolute atomic E-state index is 11.3. The highest BCUT2D eigenvalue weighted by Crippen LogP contribution is 2.09. The molecule has 0 aliphatic carbocycles. The normalized spacial score (nSPS) is 15.9. The monoisotopic (exact) mass is 259 g/mol. The molecule has 1 N–H and O–H groups in total. The zero-order valence-corrected chi connectivity index (χ0v) is 11.5. The van der Waals surface area contributed by atoms with Gasteiger partial charge >= 0.3 is 5.97 Å². The average Bonchev–Trinajstić information content (AvgIpc) is 2.70. The average molecular weight is 259 g/mol. The first-order valence-electron chi connectivity index (χ1n) is 6.00. The topological polar surface area (TPSA) is 53.9 Å². The highest BCUT2D eigenvalue weighted by atomic mass is 32.2. The van der Waals surface area contributed by atoms with Crippen LogP contribution in [0.15, 0.2) is 4.99 Å². The molecular formula is C11H21N3O2S. The lowest BCUT2D eigenvalue weighted by Crippen LogP contribution is -2.35. The summed E-state index contributed by atoms with van der Waals surface area (Å²) in [7, 11) is 0. The van der Waals surface area contributed by atoms with Crippen LogP contribution in [0.1, 0.15) is 33.6 Å². The molecule has 0 aromatic heterocycles. The van der Waals surface area contributed by atoms with Crippen molar-refractivity contribution in [2.24, 2.45) is 4.99 Å². The largest absolute Gasteiger partial charge is 0.462 e. The number of hydrogen-bond donors (Lipinski definition) is 1. The first kappa shape index (κ1) is 14.3. The number of rotatable bonds is 6. The number of amidine groups is 1. The van der Waals surface area contributed by atoms with Crippen LogP contribution in [0.3, 0.4) is 0 Å². The van der Waals surface area contributed by atoms with Crippen LogP contribution in [-0.4, -0.2) is 41.2 Å². The van der Waals surface area contributed by atoms with Crippen LogP contribution in [0.4, 0.5) is 0 Å². The zero-order valence-electron chi connectivity index (χ0n) is 10.7. The summed E-state index contributed by atoms with van der Waals surface area (Å²) in [5.41, 5.74) is 3.17. The van der Waals surface area contributed by atoms with E-state index in [1.807, 2.05) is 13.8 Å². The molecule has 6 heteroatoms. The number of carbonyl (C=O) groups excluding carboxylic acids is 1. The van der Waals surface area contributed by atoms with Gasteiger partial charge in [-0.05, 0) is 20.3 Å². The number of hydrogen-bond acceptors (Lipinski definition) is 6. The highest BCUT2D eigenvalue weighted by Gasteiger charge is 2.16. The van der Waals surface area contributed by atoms with Gasteiger partial charge in [0.25, 0.3) is 0 Å². The second-order valence-corrected chi connectivity index (χ2v) is 5.12. The summed E-state index contributed by atoms with van der Waals surface area (Å²) in [5, 5.41) is 2.86. The smallest absolute Gasteiger partial charge is 0.316 e. The second kappa shape index (κ2) is 7.55. The third-order valence-electron chi connectivity index (χ3n) is 2.11. The molecule has 17 heavy (non-hydrogen) atoms. The summed E-state index contributed by atoms with van der Waals surface area (Å²) in [4.78, 5) is 15.6. The molecule has 0 spiro atoms. The van der Waals surface area contributed by atoms with E-state index in [2.05, 4.69) is 22.4 Å². The maximum Gasteiger partial charge on any atom is 0.316 e. The molecule has 0 unspecified atom stereocenters. The van der Waals surface area contributed by atoms with Crippen LogP contribution in [0, 0.1) is 0 Å². The van der Waals surface area contributed by atoms with Gasteiger partial charge in [-0.1, -0.05) is 25.1 Å². The molecule has 98 valence electrons. The van der Waals surface area contributed by atoms with Crippen molar-refractivity contribution in [2.45, 2.75) is 39.7 Å². The molecule has 0 amide bonds. The predicted molar refractivity (Wildman–Crippen MR) is 70.7 cm³/mol. The van der Waals surface area contributed by atoms with Crippen molar-refractivity contribution in [2.75, 3.05) is 19.0 Å². The molecule has 0 atom stereocenters. The van der Waals surface area contributed by atoms with Crippen molar-refractivity contribution in [3.8, 4) is 0 Å². The standard InChI is InChI=1S/C11H21N3O2S/c1-4-5-6-14-8-12-11(13-14)17-7-10(15)16-9(2)3/h9H,4-8H2,1-3H3,(H,12,13). The van der Waals surface area contributed by atoms with Crippen molar-refractivity contribution >= 4 is 22.9 Å². The van der Waals surface area contributed by atoms with Crippen molar-refractivity contribution < 1.29 is 9.53 Å². The molecule has 0 aromatic carbocycles. The lowest BCUT2D eigenvalue weighted by molar-refractivity contribution is -0.144. The van der Waals surface area contributed by atoms with Crippen LogP contribution < -0.4 is 5.43 Å². The number of esters is 1. The Balaban J connectivity index is 2.15.